The highest BCUT2D eigenvalue weighted by Crippen LogP contribution is 2.38. The third kappa shape index (κ3) is 41.2. The van der Waals surface area contributed by atoms with Gasteiger partial charge in [0.15, 0.2) is 34.9 Å². The van der Waals surface area contributed by atoms with Crippen molar-refractivity contribution in [2.24, 2.45) is 47.2 Å². The smallest absolute Gasteiger partial charge is 0.373 e. The van der Waals surface area contributed by atoms with Gasteiger partial charge in [0.1, 0.15) is 54.4 Å². The standard InChI is InChI=1S/C92H131N17O29S.2CO2/c1-7-50(6)78-59-20-11-12-21-60(59)91-109(78)29-14-13-22-61-85(133)107-77(49(4)5)89(137)106-68(47-139-91)87(135)104-66(45-113)72(119)37-56(43-111)83(131)102-64(31-48(2)3)70(117)35-54(38-76(125)126)81(129)101-63(25-27-75(123)124)90(138)108-30-16-23-69(108)88(136)97-40-57(115)33-52(19-15-28-95-92(93)94)79(127)98-41-73(120)96-39-58(116)34-53(32-51-17-9-8-10-18-51)80(128)103-65(44-112)71(118)36-55(42-110)82(130)99-62(24-26-74(121)122)84(132)105-67(46-114)86(134)100-61;2*2-1-3/h7-12,17-18,20-21,48-49,52-56,61-69,77,110-114H,13-16,19,22-47H2,1-6H3,(H,96,120)(H,97,136)(H,98,127)(H,99,130)(H,100,134)(H,101,129)(H,102,131)(H,103,128)(H,104,135)(H,105,132)(H,106,137)(H,107,133)(H,121,122)(H,123,124)(H,125,126)(H4,93,94,95);;/b50-7+;;/t52-,53-,54+,55+,56+,61+,62+,63+,64+,65+,66+,67+,68+,69+,77+;;/m1../s1. The zero-order valence-electron chi connectivity index (χ0n) is 81.2. The van der Waals surface area contributed by atoms with Crippen molar-refractivity contribution in [3.05, 3.63) is 71.9 Å². The first kappa shape index (κ1) is 123. The molecule has 2 aromatic carbocycles. The summed E-state index contributed by atoms with van der Waals surface area (Å²) in [5.41, 5.74) is 7.45. The third-order valence-electron chi connectivity index (χ3n) is 23.9. The van der Waals surface area contributed by atoms with Crippen molar-refractivity contribution in [2.75, 3.05) is 71.5 Å². The number of hydrogen-bond donors (Lipinski definition) is 23. The molecule has 2 saturated heterocycles. The third-order valence-corrected chi connectivity index (χ3v) is 25.1. The number of fused-ring (bicyclic) bond motifs is 10. The summed E-state index contributed by atoms with van der Waals surface area (Å²) in [7, 11) is 0. The summed E-state index contributed by atoms with van der Waals surface area (Å²) in [5.74, 6) is -33.5. The fourth-order valence-corrected chi connectivity index (χ4v) is 17.4. The van der Waals surface area contributed by atoms with E-state index in [4.69, 9.17) is 30.3 Å². The van der Waals surface area contributed by atoms with Crippen molar-refractivity contribution in [3.63, 3.8) is 0 Å². The Morgan fingerprint density at radius 2 is 0.972 bits per heavy atom. The van der Waals surface area contributed by atoms with Crippen LogP contribution >= 0.6 is 11.8 Å². The predicted molar refractivity (Wildman–Crippen MR) is 508 cm³/mol. The first-order valence-electron chi connectivity index (χ1n) is 46.9. The lowest BCUT2D eigenvalue weighted by atomic mass is 9.90. The number of nitrogens with zero attached hydrogens (tertiary/aromatic N) is 2. The van der Waals surface area contributed by atoms with Crippen molar-refractivity contribution >= 4 is 170 Å². The van der Waals surface area contributed by atoms with E-state index in [0.717, 1.165) is 33.3 Å². The molecule has 0 unspecified atom stereocenters. The van der Waals surface area contributed by atoms with Crippen LogP contribution in [-0.2, 0) is 133 Å². The molecule has 0 radical (unpaired) electrons. The molecule has 4 heterocycles. The molecule has 3 aliphatic heterocycles. The number of hydrogen-bond acceptors (Lipinski definition) is 32. The number of carbonyl (C=O) groups excluding carboxylic acids is 22. The molecule has 3 aliphatic rings. The molecule has 50 nitrogen and oxygen atoms in total. The molecule has 2 fully saturated rings. The predicted octanol–water partition coefficient (Wildman–Crippen LogP) is -4.86. The molecule has 1 aromatic heterocycles. The molecule has 24 N–H and O–H groups in total. The molecule has 0 spiro atoms. The van der Waals surface area contributed by atoms with Crippen LogP contribution in [0.2, 0.25) is 0 Å². The second-order valence-electron chi connectivity index (χ2n) is 35.6. The number of benzene rings is 2. The van der Waals surface area contributed by atoms with Gasteiger partial charge >= 0.3 is 30.2 Å². The monoisotopic (exact) mass is 2060 g/mol. The fourth-order valence-electron chi connectivity index (χ4n) is 16.1. The quantitative estimate of drug-likeness (QED) is 0.0240. The summed E-state index contributed by atoms with van der Waals surface area (Å²) in [4.78, 5) is 328. The molecule has 15 atom stereocenters. The minimum Gasteiger partial charge on any atom is -0.481 e. The number of amides is 13. The molecule has 3 aromatic rings. The van der Waals surface area contributed by atoms with E-state index in [1.165, 1.54) is 13.8 Å². The number of guanidine groups is 1. The number of aliphatic hydroxyl groups is 5. The SMILES string of the molecule is C/C=C(\C)c1c2ccccc2c2n1CCCC[C@@H]1NC(=O)[C@H](CO)NC(=O)[C@H](CCC(=O)O)NC(=O)[C@H](CO)CC(=O)[C@H](CO)NC(=O)[C@H](Cc3ccccc3)CC(=O)CNC(=O)CNC(=O)[C@H](CCCNC(=N)N)CC(=O)CNC(=O)[C@@H]3CCCN3C(=O)[C@H](CCC(=O)O)NC(=O)[C@H](CC(=O)O)CC(=O)[C@H](CC(C)C)NC(=O)[C@H](CO)CC(=O)[C@H](CO)NC(=O)[C@H](CS2)NC(=O)[C@H](C(C)C)NC1=O.O=C=O.O=C=O. The van der Waals surface area contributed by atoms with Crippen LogP contribution in [0.1, 0.15) is 168 Å². The lowest BCUT2D eigenvalue weighted by molar-refractivity contribution is -0.193. The lowest BCUT2D eigenvalue weighted by Crippen LogP contribution is -2.61. The number of Topliss-reactive ketones (excluding diaryl/α,β-unsaturated/α-hetero) is 5. The number of rotatable bonds is 23. The van der Waals surface area contributed by atoms with Crippen LogP contribution in [0, 0.1) is 46.8 Å². The maximum absolute atomic E-state index is 15.0. The second kappa shape index (κ2) is 63.7. The van der Waals surface area contributed by atoms with Gasteiger partial charge in [0.25, 0.3) is 0 Å². The van der Waals surface area contributed by atoms with Crippen molar-refractivity contribution < 1.29 is 161 Å². The van der Waals surface area contributed by atoms with Gasteiger partial charge in [-0.05, 0) is 107 Å². The molecule has 13 amide bonds. The van der Waals surface area contributed by atoms with Gasteiger partial charge in [0.2, 0.25) is 76.8 Å². The van der Waals surface area contributed by atoms with Crippen LogP contribution in [0.4, 0.5) is 0 Å². The van der Waals surface area contributed by atoms with Crippen molar-refractivity contribution in [2.45, 2.75) is 236 Å². The first-order chi connectivity index (χ1) is 68.8. The average molecular weight is 2060 g/mol. The fraction of sp³-hybridized carbons (Fsp3) is 0.574. The minimum atomic E-state index is -2.01. The largest absolute Gasteiger partial charge is 0.481 e. The number of nitrogens with two attached hydrogens (primary N) is 1. The Hall–Kier alpha value is -14.2. The van der Waals surface area contributed by atoms with Gasteiger partial charge in [-0.25, -0.2) is 0 Å². The number of carbonyl (C=O) groups is 21. The van der Waals surface area contributed by atoms with Crippen LogP contribution in [0.3, 0.4) is 0 Å². The molecule has 0 aliphatic carbocycles. The minimum absolute atomic E-state index is 0.0252. The molecule has 0 saturated carbocycles. The van der Waals surface area contributed by atoms with Gasteiger partial charge < -0.3 is 125 Å². The van der Waals surface area contributed by atoms with Gasteiger partial charge in [-0.15, -0.1) is 11.8 Å². The summed E-state index contributed by atoms with van der Waals surface area (Å²) in [6.07, 6.45) is -6.00. The molecule has 51 heteroatoms. The van der Waals surface area contributed by atoms with Crippen molar-refractivity contribution in [1.82, 2.24) is 78.6 Å². The van der Waals surface area contributed by atoms with Crippen LogP contribution in [-0.4, -0.2) is 324 Å². The van der Waals surface area contributed by atoms with E-state index in [1.54, 1.807) is 63.2 Å². The van der Waals surface area contributed by atoms with Gasteiger partial charge in [-0.2, -0.15) is 19.2 Å². The zero-order chi connectivity index (χ0) is 108. The van der Waals surface area contributed by atoms with Gasteiger partial charge in [-0.1, -0.05) is 88.4 Å². The van der Waals surface area contributed by atoms with Crippen LogP contribution in [0.5, 0.6) is 0 Å². The van der Waals surface area contributed by atoms with Crippen LogP contribution < -0.4 is 74.9 Å². The van der Waals surface area contributed by atoms with Crippen molar-refractivity contribution in [3.8, 4) is 0 Å². The Labute approximate surface area is 837 Å². The number of aliphatic hydroxyl groups excluding tert-OH is 5. The highest BCUT2D eigenvalue weighted by Gasteiger charge is 2.43. The summed E-state index contributed by atoms with van der Waals surface area (Å²) in [5, 5.41) is 125. The van der Waals surface area contributed by atoms with E-state index >= 15 is 4.79 Å². The topological polar surface area (TPSA) is 803 Å². The Balaban J connectivity index is 0.00000711. The summed E-state index contributed by atoms with van der Waals surface area (Å²) < 4.78 is 1.95. The maximum Gasteiger partial charge on any atom is 0.373 e. The lowest BCUT2D eigenvalue weighted by Gasteiger charge is -2.29. The first-order valence-corrected chi connectivity index (χ1v) is 47.9. The normalized spacial score (nSPS) is 24.5. The summed E-state index contributed by atoms with van der Waals surface area (Å²) in [6.45, 7) is 1.89. The number of carboxylic acid groups (broad SMARTS) is 3. The number of allylic oxidation sites excluding steroid dienone is 2. The van der Waals surface area contributed by atoms with E-state index < -0.39 is 348 Å². The Bertz CT molecular complexity index is 5160. The number of ketones is 5. The molecular formula is C94H131N17O33S. The van der Waals surface area contributed by atoms with E-state index in [1.807, 2.05) is 29.7 Å². The van der Waals surface area contributed by atoms with Crippen LogP contribution in [0.25, 0.3) is 16.3 Å². The Morgan fingerprint density at radius 1 is 0.490 bits per heavy atom. The number of nitrogens with one attached hydrogen (secondary N) is 14. The van der Waals surface area contributed by atoms with E-state index in [2.05, 4.69) is 69.1 Å². The maximum atomic E-state index is 15.0. The summed E-state index contributed by atoms with van der Waals surface area (Å²) in [6, 6.07) is -1.99. The number of aromatic nitrogens is 1. The van der Waals surface area contributed by atoms with Gasteiger partial charge in [0, 0.05) is 92.9 Å². The highest BCUT2D eigenvalue weighted by molar-refractivity contribution is 7.99. The van der Waals surface area contributed by atoms with E-state index in [9.17, 15) is 137 Å². The number of carboxylic acids is 3. The van der Waals surface area contributed by atoms with Gasteiger partial charge in [-0.3, -0.25) is 106 Å². The average Bonchev–Trinajstić information content (AvgIpc) is 1.61. The van der Waals surface area contributed by atoms with Crippen LogP contribution in [0.15, 0.2) is 65.7 Å². The van der Waals surface area contributed by atoms with E-state index in [-0.39, 0.29) is 95.5 Å². The molecule has 6 rings (SSSR count). The summed E-state index contributed by atoms with van der Waals surface area (Å²) >= 11 is 1.11. The Morgan fingerprint density at radius 3 is 1.52 bits per heavy atom. The van der Waals surface area contributed by atoms with Gasteiger partial charge in [0.05, 0.1) is 93.6 Å². The number of thioether (sulfide) groups is 1. The molecule has 2 bridgehead atoms. The van der Waals surface area contributed by atoms with E-state index in [0.29, 0.717) is 16.0 Å². The zero-order valence-corrected chi connectivity index (χ0v) is 82.0. The second-order valence-corrected chi connectivity index (χ2v) is 36.6. The van der Waals surface area contributed by atoms with Crippen molar-refractivity contribution in [1.29, 1.82) is 5.41 Å². The number of aliphatic carboxylic acids is 3. The molecule has 796 valence electrons. The Kier molecular flexibility index (Phi) is 54.1. The molecular weight excluding hydrogens is 1930 g/mol. The molecule has 145 heavy (non-hydrogen) atoms. The highest BCUT2D eigenvalue weighted by atomic mass is 32.2.